The van der Waals surface area contributed by atoms with Crippen LogP contribution in [0.25, 0.3) is 0 Å². The Morgan fingerprint density at radius 2 is 1.65 bits per heavy atom. The summed E-state index contributed by atoms with van der Waals surface area (Å²) in [6.07, 6.45) is 0. The molecule has 0 aliphatic heterocycles. The number of rotatable bonds is 5. The number of nitrogens with one attached hydrogen (secondary N) is 1. The van der Waals surface area contributed by atoms with Crippen LogP contribution in [0.3, 0.4) is 0 Å². The molecule has 0 spiro atoms. The first-order chi connectivity index (χ1) is 9.58. The second kappa shape index (κ2) is 6.21. The fraction of sp³-hybridized carbons (Fsp3) is 0.188. The summed E-state index contributed by atoms with van der Waals surface area (Å²) in [5.41, 5.74) is 5.63. The highest BCUT2D eigenvalue weighted by Gasteiger charge is 2.29. The minimum absolute atomic E-state index is 0.107. The van der Waals surface area contributed by atoms with E-state index in [0.717, 1.165) is 0 Å². The average molecular weight is 270 g/mol. The standard InChI is InChI=1S/C16H18N2O2/c1-16(17,12-20-14-10-6-3-7-11-14)15(19)18-13-8-4-2-5-9-13/h2-11H,12,17H2,1H3,(H,18,19). The molecule has 2 aromatic carbocycles. The summed E-state index contributed by atoms with van der Waals surface area (Å²) in [5.74, 6) is 0.413. The molecule has 2 rings (SSSR count). The van der Waals surface area contributed by atoms with E-state index in [9.17, 15) is 4.79 Å². The quantitative estimate of drug-likeness (QED) is 0.877. The van der Waals surface area contributed by atoms with Crippen molar-refractivity contribution in [1.82, 2.24) is 0 Å². The number of carbonyl (C=O) groups is 1. The lowest BCUT2D eigenvalue weighted by molar-refractivity contribution is -0.121. The van der Waals surface area contributed by atoms with Gasteiger partial charge in [-0.1, -0.05) is 36.4 Å². The Balaban J connectivity index is 1.94. The molecule has 0 fully saturated rings. The van der Waals surface area contributed by atoms with Crippen molar-refractivity contribution in [2.45, 2.75) is 12.5 Å². The maximum absolute atomic E-state index is 12.1. The summed E-state index contributed by atoms with van der Waals surface area (Å²) in [6.45, 7) is 1.75. The zero-order chi connectivity index (χ0) is 14.4. The van der Waals surface area contributed by atoms with Gasteiger partial charge in [-0.05, 0) is 31.2 Å². The summed E-state index contributed by atoms with van der Waals surface area (Å²) in [7, 11) is 0. The van der Waals surface area contributed by atoms with Crippen LogP contribution in [0.4, 0.5) is 5.69 Å². The van der Waals surface area contributed by atoms with Gasteiger partial charge >= 0.3 is 0 Å². The van der Waals surface area contributed by atoms with Crippen LogP contribution < -0.4 is 15.8 Å². The SMILES string of the molecule is CC(N)(COc1ccccc1)C(=O)Nc1ccccc1. The molecular formula is C16H18N2O2. The molecule has 0 saturated heterocycles. The normalized spacial score (nSPS) is 13.3. The molecule has 2 aromatic rings. The van der Waals surface area contributed by atoms with Gasteiger partial charge in [-0.2, -0.15) is 0 Å². The minimum Gasteiger partial charge on any atom is -0.491 e. The van der Waals surface area contributed by atoms with Crippen molar-refractivity contribution in [3.63, 3.8) is 0 Å². The van der Waals surface area contributed by atoms with Gasteiger partial charge < -0.3 is 15.8 Å². The molecule has 0 bridgehead atoms. The number of carbonyl (C=O) groups excluding carboxylic acids is 1. The van der Waals surface area contributed by atoms with Crippen LogP contribution in [-0.4, -0.2) is 18.1 Å². The van der Waals surface area contributed by atoms with Crippen molar-refractivity contribution >= 4 is 11.6 Å². The number of ether oxygens (including phenoxy) is 1. The zero-order valence-corrected chi connectivity index (χ0v) is 11.4. The highest BCUT2D eigenvalue weighted by molar-refractivity contribution is 5.97. The molecule has 0 heterocycles. The van der Waals surface area contributed by atoms with E-state index in [0.29, 0.717) is 11.4 Å². The molecule has 1 atom stereocenters. The molecule has 0 aliphatic carbocycles. The van der Waals surface area contributed by atoms with Gasteiger partial charge in [0.25, 0.3) is 0 Å². The Hall–Kier alpha value is -2.33. The van der Waals surface area contributed by atoms with Gasteiger partial charge in [-0.3, -0.25) is 4.79 Å². The van der Waals surface area contributed by atoms with Crippen LogP contribution in [0.1, 0.15) is 6.92 Å². The fourth-order valence-corrected chi connectivity index (χ4v) is 1.61. The molecule has 0 radical (unpaired) electrons. The Morgan fingerprint density at radius 3 is 2.25 bits per heavy atom. The fourth-order valence-electron chi connectivity index (χ4n) is 1.61. The van der Waals surface area contributed by atoms with E-state index in [1.54, 1.807) is 6.92 Å². The molecule has 1 unspecified atom stereocenters. The average Bonchev–Trinajstić information content (AvgIpc) is 2.47. The Bertz CT molecular complexity index is 553. The van der Waals surface area contributed by atoms with Crippen LogP contribution in [0.15, 0.2) is 60.7 Å². The van der Waals surface area contributed by atoms with Crippen LogP contribution in [-0.2, 0) is 4.79 Å². The number of nitrogens with two attached hydrogens (primary N) is 1. The van der Waals surface area contributed by atoms with Crippen molar-refractivity contribution in [2.75, 3.05) is 11.9 Å². The van der Waals surface area contributed by atoms with Crippen LogP contribution >= 0.6 is 0 Å². The number of para-hydroxylation sites is 2. The van der Waals surface area contributed by atoms with Gasteiger partial charge in [0, 0.05) is 5.69 Å². The molecule has 1 amide bonds. The van der Waals surface area contributed by atoms with Gasteiger partial charge in [0.05, 0.1) is 0 Å². The van der Waals surface area contributed by atoms with Gasteiger partial charge in [0.15, 0.2) is 0 Å². The third-order valence-corrected chi connectivity index (χ3v) is 2.83. The first kappa shape index (κ1) is 14.1. The van der Waals surface area contributed by atoms with Gasteiger partial charge in [-0.15, -0.1) is 0 Å². The van der Waals surface area contributed by atoms with E-state index in [2.05, 4.69) is 5.32 Å². The molecule has 0 aromatic heterocycles. The highest BCUT2D eigenvalue weighted by atomic mass is 16.5. The Kier molecular flexibility index (Phi) is 4.38. The number of anilines is 1. The van der Waals surface area contributed by atoms with Crippen molar-refractivity contribution in [2.24, 2.45) is 5.73 Å². The van der Waals surface area contributed by atoms with E-state index in [1.165, 1.54) is 0 Å². The summed E-state index contributed by atoms with van der Waals surface area (Å²) >= 11 is 0. The van der Waals surface area contributed by atoms with Crippen LogP contribution in [0.2, 0.25) is 0 Å². The highest BCUT2D eigenvalue weighted by Crippen LogP contribution is 2.13. The lowest BCUT2D eigenvalue weighted by atomic mass is 10.0. The largest absolute Gasteiger partial charge is 0.491 e. The second-order valence-corrected chi connectivity index (χ2v) is 4.84. The van der Waals surface area contributed by atoms with E-state index in [4.69, 9.17) is 10.5 Å². The lowest BCUT2D eigenvalue weighted by Gasteiger charge is -2.23. The van der Waals surface area contributed by atoms with E-state index in [-0.39, 0.29) is 12.5 Å². The van der Waals surface area contributed by atoms with Crippen LogP contribution in [0.5, 0.6) is 5.75 Å². The summed E-state index contributed by atoms with van der Waals surface area (Å²) in [4.78, 5) is 12.1. The molecule has 4 heteroatoms. The van der Waals surface area contributed by atoms with Gasteiger partial charge in [0.1, 0.15) is 17.9 Å². The monoisotopic (exact) mass is 270 g/mol. The molecule has 0 saturated carbocycles. The number of hydrogen-bond donors (Lipinski definition) is 2. The summed E-state index contributed by atoms with van der Waals surface area (Å²) in [6, 6.07) is 18.5. The molecular weight excluding hydrogens is 252 g/mol. The van der Waals surface area contributed by atoms with Crippen molar-refractivity contribution in [3.8, 4) is 5.75 Å². The smallest absolute Gasteiger partial charge is 0.247 e. The maximum atomic E-state index is 12.1. The number of amides is 1. The van der Waals surface area contributed by atoms with E-state index >= 15 is 0 Å². The van der Waals surface area contributed by atoms with Gasteiger partial charge in [0.2, 0.25) is 5.91 Å². The van der Waals surface area contributed by atoms with E-state index < -0.39 is 5.54 Å². The van der Waals surface area contributed by atoms with Crippen molar-refractivity contribution < 1.29 is 9.53 Å². The topological polar surface area (TPSA) is 64.3 Å². The Morgan fingerprint density at radius 1 is 1.10 bits per heavy atom. The third-order valence-electron chi connectivity index (χ3n) is 2.83. The first-order valence-electron chi connectivity index (χ1n) is 6.41. The number of hydrogen-bond acceptors (Lipinski definition) is 3. The molecule has 4 nitrogen and oxygen atoms in total. The second-order valence-electron chi connectivity index (χ2n) is 4.84. The summed E-state index contributed by atoms with van der Waals surface area (Å²) in [5, 5.41) is 2.77. The zero-order valence-electron chi connectivity index (χ0n) is 11.4. The van der Waals surface area contributed by atoms with Gasteiger partial charge in [-0.25, -0.2) is 0 Å². The van der Waals surface area contributed by atoms with Crippen molar-refractivity contribution in [3.05, 3.63) is 60.7 Å². The molecule has 0 aliphatic rings. The minimum atomic E-state index is -1.11. The predicted octanol–water partition coefficient (Wildman–Crippen LogP) is 2.42. The maximum Gasteiger partial charge on any atom is 0.247 e. The van der Waals surface area contributed by atoms with E-state index in [1.807, 2.05) is 60.7 Å². The predicted molar refractivity (Wildman–Crippen MR) is 79.6 cm³/mol. The molecule has 104 valence electrons. The molecule has 20 heavy (non-hydrogen) atoms. The Labute approximate surface area is 118 Å². The molecule has 3 N–H and O–H groups in total. The van der Waals surface area contributed by atoms with Crippen LogP contribution in [0, 0.1) is 0 Å². The summed E-state index contributed by atoms with van der Waals surface area (Å²) < 4.78 is 5.54. The first-order valence-corrected chi connectivity index (χ1v) is 6.41. The lowest BCUT2D eigenvalue weighted by Crippen LogP contribution is -2.53. The third kappa shape index (κ3) is 3.83. The van der Waals surface area contributed by atoms with Crippen molar-refractivity contribution in [1.29, 1.82) is 0 Å². The number of benzene rings is 2.